The molecule has 1 aliphatic heterocycles. The van der Waals surface area contributed by atoms with Crippen molar-refractivity contribution in [1.29, 1.82) is 0 Å². The van der Waals surface area contributed by atoms with Gasteiger partial charge in [0.25, 0.3) is 0 Å². The average molecular weight is 346 g/mol. The summed E-state index contributed by atoms with van der Waals surface area (Å²) in [7, 11) is 0. The number of fused-ring (bicyclic) bond motifs is 1. The Labute approximate surface area is 155 Å². The molecule has 2 atom stereocenters. The molecule has 4 rings (SSSR count). The van der Waals surface area contributed by atoms with Crippen molar-refractivity contribution in [3.63, 3.8) is 0 Å². The molecule has 1 aromatic heterocycles. The molecule has 134 valence electrons. The highest BCUT2D eigenvalue weighted by Gasteiger charge is 2.25. The number of hydrogen-bond acceptors (Lipinski definition) is 3. The fourth-order valence-electron chi connectivity index (χ4n) is 3.89. The summed E-state index contributed by atoms with van der Waals surface area (Å²) in [5, 5.41) is 15.7. The smallest absolute Gasteiger partial charge is 0.0950 e. The number of piperidine rings is 1. The Morgan fingerprint density at radius 3 is 2.92 bits per heavy atom. The zero-order valence-corrected chi connectivity index (χ0v) is 15.3. The van der Waals surface area contributed by atoms with Crippen molar-refractivity contribution in [3.05, 3.63) is 71.5 Å². The number of aliphatic hydroxyl groups excluding tert-OH is 1. The monoisotopic (exact) mass is 346 g/mol. The van der Waals surface area contributed by atoms with E-state index in [1.165, 1.54) is 24.0 Å². The van der Waals surface area contributed by atoms with Crippen LogP contribution in [-0.2, 0) is 0 Å². The van der Waals surface area contributed by atoms with Crippen molar-refractivity contribution in [2.75, 3.05) is 6.54 Å². The number of hydrogen-bond donors (Lipinski definition) is 2. The molecule has 26 heavy (non-hydrogen) atoms. The predicted molar refractivity (Wildman–Crippen MR) is 108 cm³/mol. The molecule has 0 spiro atoms. The largest absolute Gasteiger partial charge is 0.387 e. The van der Waals surface area contributed by atoms with Crippen LogP contribution in [0.2, 0.25) is 0 Å². The van der Waals surface area contributed by atoms with E-state index in [1.54, 1.807) is 0 Å². The van der Waals surface area contributed by atoms with Crippen molar-refractivity contribution in [1.82, 2.24) is 10.3 Å². The summed E-state index contributed by atoms with van der Waals surface area (Å²) in [5.74, 6) is 0. The third kappa shape index (κ3) is 3.50. The van der Waals surface area contributed by atoms with Crippen molar-refractivity contribution in [2.24, 2.45) is 0 Å². The quantitative estimate of drug-likeness (QED) is 0.847. The minimum absolute atomic E-state index is 0.118. The van der Waals surface area contributed by atoms with E-state index in [0.29, 0.717) is 0 Å². The maximum absolute atomic E-state index is 11.1. The molecule has 2 heterocycles. The standard InChI is InChI=1S/C23H26N2O/c1-16-7-6-8-17(13-12-16)22-15-19(18-9-2-3-10-20(18)25-22)23(26)21-11-4-5-14-24-21/h2-3,6-7,9-10,12-13,15,21,23-24,26H,4-5,8,11,14H2,1H3. The molecule has 2 aromatic rings. The molecule has 2 N–H and O–H groups in total. The number of aromatic nitrogens is 1. The third-order valence-electron chi connectivity index (χ3n) is 5.39. The second-order valence-corrected chi connectivity index (χ2v) is 7.32. The highest BCUT2D eigenvalue weighted by molar-refractivity contribution is 5.85. The fourth-order valence-corrected chi connectivity index (χ4v) is 3.89. The summed E-state index contributed by atoms with van der Waals surface area (Å²) in [4.78, 5) is 4.89. The van der Waals surface area contributed by atoms with E-state index < -0.39 is 6.10 Å². The van der Waals surface area contributed by atoms with Gasteiger partial charge in [-0.15, -0.1) is 0 Å². The van der Waals surface area contributed by atoms with Crippen LogP contribution in [0.4, 0.5) is 0 Å². The highest BCUT2D eigenvalue weighted by atomic mass is 16.3. The van der Waals surface area contributed by atoms with Crippen LogP contribution in [0.1, 0.15) is 50.0 Å². The lowest BCUT2D eigenvalue weighted by atomic mass is 9.91. The summed E-state index contributed by atoms with van der Waals surface area (Å²) in [5.41, 5.74) is 5.33. The Hall–Kier alpha value is -2.23. The molecule has 3 heteroatoms. The van der Waals surface area contributed by atoms with Crippen LogP contribution in [-0.4, -0.2) is 22.7 Å². The van der Waals surface area contributed by atoms with Crippen LogP contribution in [0, 0.1) is 0 Å². The van der Waals surface area contributed by atoms with E-state index >= 15 is 0 Å². The lowest BCUT2D eigenvalue weighted by Crippen LogP contribution is -2.38. The molecule has 0 amide bonds. The van der Waals surface area contributed by atoms with Gasteiger partial charge in [-0.1, -0.05) is 54.5 Å². The molecule has 1 aromatic carbocycles. The molecule has 0 saturated carbocycles. The molecule has 0 bridgehead atoms. The van der Waals surface area contributed by atoms with Gasteiger partial charge in [0.15, 0.2) is 0 Å². The van der Waals surface area contributed by atoms with E-state index in [2.05, 4.69) is 48.7 Å². The summed E-state index contributed by atoms with van der Waals surface area (Å²) in [6.45, 7) is 3.09. The Balaban J connectivity index is 1.79. The Morgan fingerprint density at radius 1 is 1.19 bits per heavy atom. The van der Waals surface area contributed by atoms with Crippen LogP contribution in [0.5, 0.6) is 0 Å². The number of benzene rings is 1. The van der Waals surface area contributed by atoms with Crippen molar-refractivity contribution in [2.45, 2.75) is 44.8 Å². The maximum Gasteiger partial charge on any atom is 0.0950 e. The second-order valence-electron chi connectivity index (χ2n) is 7.32. The molecular weight excluding hydrogens is 320 g/mol. The van der Waals surface area contributed by atoms with Crippen molar-refractivity contribution in [3.8, 4) is 0 Å². The SMILES string of the molecule is CC1=CC=C(c2cc(C(O)C3CCCCN3)c3ccccc3n2)CC=C1. The first kappa shape index (κ1) is 17.2. The third-order valence-corrected chi connectivity index (χ3v) is 5.39. The number of pyridine rings is 1. The lowest BCUT2D eigenvalue weighted by Gasteiger charge is -2.29. The van der Waals surface area contributed by atoms with Gasteiger partial charge in [-0.05, 0) is 56.0 Å². The van der Waals surface area contributed by atoms with Crippen LogP contribution in [0.25, 0.3) is 16.5 Å². The van der Waals surface area contributed by atoms with Crippen LogP contribution < -0.4 is 5.32 Å². The first-order valence-corrected chi connectivity index (χ1v) is 9.58. The molecule has 3 nitrogen and oxygen atoms in total. The summed E-state index contributed by atoms with van der Waals surface area (Å²) >= 11 is 0. The number of rotatable bonds is 3. The number of aliphatic hydroxyl groups is 1. The van der Waals surface area contributed by atoms with E-state index in [0.717, 1.165) is 41.5 Å². The van der Waals surface area contributed by atoms with Crippen molar-refractivity contribution >= 4 is 16.5 Å². The normalized spacial score (nSPS) is 21.8. The number of para-hydroxylation sites is 1. The van der Waals surface area contributed by atoms with Crippen molar-refractivity contribution < 1.29 is 5.11 Å². The minimum atomic E-state index is -0.513. The average Bonchev–Trinajstić information content (AvgIpc) is 2.92. The topological polar surface area (TPSA) is 45.1 Å². The number of nitrogens with one attached hydrogen (secondary N) is 1. The van der Waals surface area contributed by atoms with Crippen LogP contribution in [0.3, 0.4) is 0 Å². The zero-order valence-electron chi connectivity index (χ0n) is 15.3. The van der Waals surface area contributed by atoms with Crippen LogP contribution in [0.15, 0.2) is 60.2 Å². The van der Waals surface area contributed by atoms with E-state index in [4.69, 9.17) is 4.98 Å². The van der Waals surface area contributed by atoms with Gasteiger partial charge in [0.2, 0.25) is 0 Å². The second kappa shape index (κ2) is 7.56. The first-order chi connectivity index (χ1) is 12.7. The molecule has 1 aliphatic carbocycles. The lowest BCUT2D eigenvalue weighted by molar-refractivity contribution is 0.115. The molecule has 1 fully saturated rings. The minimum Gasteiger partial charge on any atom is -0.387 e. The van der Waals surface area contributed by atoms with E-state index in [9.17, 15) is 5.11 Å². The summed E-state index contributed by atoms with van der Waals surface area (Å²) < 4.78 is 0. The highest BCUT2D eigenvalue weighted by Crippen LogP contribution is 2.32. The molecule has 2 unspecified atom stereocenters. The number of nitrogens with zero attached hydrogens (tertiary/aromatic N) is 1. The summed E-state index contributed by atoms with van der Waals surface area (Å²) in [6.07, 6.45) is 12.3. The Morgan fingerprint density at radius 2 is 2.08 bits per heavy atom. The van der Waals surface area contributed by atoms with Gasteiger partial charge < -0.3 is 10.4 Å². The molecule has 2 aliphatic rings. The van der Waals surface area contributed by atoms with E-state index in [1.807, 2.05) is 18.2 Å². The van der Waals surface area contributed by atoms with Gasteiger partial charge in [-0.3, -0.25) is 0 Å². The first-order valence-electron chi connectivity index (χ1n) is 9.58. The van der Waals surface area contributed by atoms with Gasteiger partial charge in [-0.2, -0.15) is 0 Å². The predicted octanol–water partition coefficient (Wildman–Crippen LogP) is 4.70. The van der Waals surface area contributed by atoms with E-state index in [-0.39, 0.29) is 6.04 Å². The Kier molecular flexibility index (Phi) is 5.00. The van der Waals surface area contributed by atoms with Gasteiger partial charge >= 0.3 is 0 Å². The number of allylic oxidation sites excluding steroid dienone is 6. The van der Waals surface area contributed by atoms with Gasteiger partial charge in [0, 0.05) is 11.4 Å². The molecular formula is C23H26N2O. The summed E-state index contributed by atoms with van der Waals surface area (Å²) in [6, 6.07) is 10.4. The van der Waals surface area contributed by atoms with Gasteiger partial charge in [0.1, 0.15) is 0 Å². The maximum atomic E-state index is 11.1. The molecule has 0 radical (unpaired) electrons. The van der Waals surface area contributed by atoms with Gasteiger partial charge in [0.05, 0.1) is 17.3 Å². The zero-order chi connectivity index (χ0) is 17.9. The fraction of sp³-hybridized carbons (Fsp3) is 0.348. The Bertz CT molecular complexity index is 888. The van der Waals surface area contributed by atoms with Crippen LogP contribution >= 0.6 is 0 Å². The van der Waals surface area contributed by atoms with Gasteiger partial charge in [-0.25, -0.2) is 4.98 Å². The molecule has 1 saturated heterocycles.